The molecule has 1 aliphatic carbocycles. The van der Waals surface area contributed by atoms with Gasteiger partial charge >= 0.3 is 0 Å². The maximum Gasteiger partial charge on any atom is 0.119 e. The van der Waals surface area contributed by atoms with Gasteiger partial charge in [0.05, 0.1) is 6.61 Å². The van der Waals surface area contributed by atoms with Gasteiger partial charge < -0.3 is 10.5 Å². The average Bonchev–Trinajstić information content (AvgIpc) is 2.43. The third kappa shape index (κ3) is 4.50. The zero-order chi connectivity index (χ0) is 13.7. The second kappa shape index (κ2) is 7.30. The third-order valence-electron chi connectivity index (χ3n) is 4.30. The van der Waals surface area contributed by atoms with Crippen molar-refractivity contribution >= 4 is 15.9 Å². The summed E-state index contributed by atoms with van der Waals surface area (Å²) in [6, 6.07) is 8.39. The van der Waals surface area contributed by atoms with Crippen molar-refractivity contribution in [2.24, 2.45) is 17.6 Å². The van der Waals surface area contributed by atoms with Crippen molar-refractivity contribution < 1.29 is 4.74 Å². The summed E-state index contributed by atoms with van der Waals surface area (Å²) < 4.78 is 6.89. The van der Waals surface area contributed by atoms with E-state index >= 15 is 0 Å². The highest BCUT2D eigenvalue weighted by atomic mass is 79.9. The van der Waals surface area contributed by atoms with E-state index in [2.05, 4.69) is 22.9 Å². The van der Waals surface area contributed by atoms with E-state index in [0.717, 1.165) is 29.2 Å². The third-order valence-corrected chi connectivity index (χ3v) is 4.83. The van der Waals surface area contributed by atoms with Crippen molar-refractivity contribution in [3.05, 3.63) is 28.7 Å². The second-order valence-corrected chi connectivity index (χ2v) is 6.52. The molecule has 3 heteroatoms. The van der Waals surface area contributed by atoms with E-state index in [4.69, 9.17) is 10.5 Å². The highest BCUT2D eigenvalue weighted by Crippen LogP contribution is 2.32. The van der Waals surface area contributed by atoms with Crippen LogP contribution in [0.5, 0.6) is 5.75 Å². The first-order valence-corrected chi connectivity index (χ1v) is 8.12. The van der Waals surface area contributed by atoms with Crippen LogP contribution in [-0.2, 0) is 0 Å². The Morgan fingerprint density at radius 3 is 2.68 bits per heavy atom. The van der Waals surface area contributed by atoms with E-state index in [1.54, 1.807) is 0 Å². The summed E-state index contributed by atoms with van der Waals surface area (Å²) in [4.78, 5) is 0. The first kappa shape index (κ1) is 14.9. The minimum absolute atomic E-state index is 0.372. The molecule has 2 rings (SSSR count). The van der Waals surface area contributed by atoms with Gasteiger partial charge in [-0.1, -0.05) is 29.3 Å². The molecule has 0 aromatic heterocycles. The standard InChI is InChI=1S/C16H24BrNO/c1-2-12-3-8-16(18)13(11-12)9-10-19-15-6-4-14(17)5-7-15/h4-7,12-13,16H,2-3,8-11,18H2,1H3. The molecule has 1 aromatic rings. The predicted octanol–water partition coefficient (Wildman–Crippen LogP) is 4.37. The maximum atomic E-state index is 6.23. The van der Waals surface area contributed by atoms with Gasteiger partial charge in [-0.05, 0) is 61.8 Å². The molecule has 0 bridgehead atoms. The smallest absolute Gasteiger partial charge is 0.119 e. The van der Waals surface area contributed by atoms with Crippen LogP contribution in [0.3, 0.4) is 0 Å². The largest absolute Gasteiger partial charge is 0.494 e. The molecule has 0 aliphatic heterocycles. The molecular formula is C16H24BrNO. The Bertz CT molecular complexity index is 379. The van der Waals surface area contributed by atoms with Crippen LogP contribution in [0.15, 0.2) is 28.7 Å². The molecule has 2 nitrogen and oxygen atoms in total. The van der Waals surface area contributed by atoms with Gasteiger partial charge in [0.15, 0.2) is 0 Å². The van der Waals surface area contributed by atoms with E-state index in [9.17, 15) is 0 Å². The van der Waals surface area contributed by atoms with Gasteiger partial charge in [-0.25, -0.2) is 0 Å². The number of hydrogen-bond acceptors (Lipinski definition) is 2. The van der Waals surface area contributed by atoms with Gasteiger partial charge in [0, 0.05) is 10.5 Å². The fraction of sp³-hybridized carbons (Fsp3) is 0.625. The van der Waals surface area contributed by atoms with Gasteiger partial charge in [0.25, 0.3) is 0 Å². The van der Waals surface area contributed by atoms with Crippen LogP contribution in [0.1, 0.15) is 39.0 Å². The minimum atomic E-state index is 0.372. The van der Waals surface area contributed by atoms with Crippen LogP contribution in [0.4, 0.5) is 0 Å². The van der Waals surface area contributed by atoms with Crippen LogP contribution >= 0.6 is 15.9 Å². The van der Waals surface area contributed by atoms with Crippen molar-refractivity contribution in [2.75, 3.05) is 6.61 Å². The Balaban J connectivity index is 1.76. The van der Waals surface area contributed by atoms with E-state index in [-0.39, 0.29) is 0 Å². The van der Waals surface area contributed by atoms with Crippen molar-refractivity contribution in [1.82, 2.24) is 0 Å². The molecule has 2 N–H and O–H groups in total. The number of nitrogens with two attached hydrogens (primary N) is 1. The van der Waals surface area contributed by atoms with Crippen molar-refractivity contribution in [2.45, 2.75) is 45.1 Å². The fourth-order valence-corrected chi connectivity index (χ4v) is 3.21. The second-order valence-electron chi connectivity index (χ2n) is 5.60. The molecule has 1 saturated carbocycles. The Hall–Kier alpha value is -0.540. The van der Waals surface area contributed by atoms with Crippen molar-refractivity contribution in [1.29, 1.82) is 0 Å². The molecule has 0 amide bonds. The van der Waals surface area contributed by atoms with E-state index < -0.39 is 0 Å². The molecule has 0 spiro atoms. The van der Waals surface area contributed by atoms with Gasteiger partial charge in [-0.15, -0.1) is 0 Å². The Labute approximate surface area is 124 Å². The topological polar surface area (TPSA) is 35.2 Å². The lowest BCUT2D eigenvalue weighted by Crippen LogP contribution is -2.36. The van der Waals surface area contributed by atoms with Crippen LogP contribution in [0.25, 0.3) is 0 Å². The first-order valence-electron chi connectivity index (χ1n) is 7.33. The molecule has 106 valence electrons. The van der Waals surface area contributed by atoms with Crippen LogP contribution in [0.2, 0.25) is 0 Å². The van der Waals surface area contributed by atoms with E-state index in [1.807, 2.05) is 24.3 Å². The van der Waals surface area contributed by atoms with Gasteiger partial charge in [-0.2, -0.15) is 0 Å². The molecule has 19 heavy (non-hydrogen) atoms. The summed E-state index contributed by atoms with van der Waals surface area (Å²) in [5, 5.41) is 0. The normalized spacial score (nSPS) is 27.2. The molecular weight excluding hydrogens is 302 g/mol. The highest BCUT2D eigenvalue weighted by Gasteiger charge is 2.26. The molecule has 1 aliphatic rings. The summed E-state index contributed by atoms with van der Waals surface area (Å²) in [5.41, 5.74) is 6.23. The lowest BCUT2D eigenvalue weighted by Gasteiger charge is -2.33. The molecule has 1 fully saturated rings. The molecule has 0 saturated heterocycles. The molecule has 0 radical (unpaired) electrons. The molecule has 0 heterocycles. The average molecular weight is 326 g/mol. The van der Waals surface area contributed by atoms with Crippen molar-refractivity contribution in [3.8, 4) is 5.75 Å². The van der Waals surface area contributed by atoms with Gasteiger partial charge in [0.1, 0.15) is 5.75 Å². The summed E-state index contributed by atoms with van der Waals surface area (Å²) in [6.45, 7) is 3.06. The van der Waals surface area contributed by atoms with Gasteiger partial charge in [0.2, 0.25) is 0 Å². The zero-order valence-electron chi connectivity index (χ0n) is 11.6. The number of ether oxygens (including phenoxy) is 1. The molecule has 1 aromatic carbocycles. The molecule has 3 unspecified atom stereocenters. The number of rotatable bonds is 5. The Morgan fingerprint density at radius 1 is 1.26 bits per heavy atom. The van der Waals surface area contributed by atoms with Crippen LogP contribution in [0, 0.1) is 11.8 Å². The van der Waals surface area contributed by atoms with Crippen LogP contribution in [-0.4, -0.2) is 12.6 Å². The van der Waals surface area contributed by atoms with Gasteiger partial charge in [-0.3, -0.25) is 0 Å². The summed E-state index contributed by atoms with van der Waals surface area (Å²) in [6.07, 6.45) is 6.13. The summed E-state index contributed by atoms with van der Waals surface area (Å²) >= 11 is 3.43. The van der Waals surface area contributed by atoms with E-state index in [0.29, 0.717) is 12.0 Å². The summed E-state index contributed by atoms with van der Waals surface area (Å²) in [7, 11) is 0. The van der Waals surface area contributed by atoms with Crippen LogP contribution < -0.4 is 10.5 Å². The fourth-order valence-electron chi connectivity index (χ4n) is 2.95. The zero-order valence-corrected chi connectivity index (χ0v) is 13.2. The number of hydrogen-bond donors (Lipinski definition) is 1. The summed E-state index contributed by atoms with van der Waals surface area (Å²) in [5.74, 6) is 2.45. The lowest BCUT2D eigenvalue weighted by molar-refractivity contribution is 0.185. The Morgan fingerprint density at radius 2 is 2.00 bits per heavy atom. The lowest BCUT2D eigenvalue weighted by atomic mass is 9.76. The van der Waals surface area contributed by atoms with Crippen molar-refractivity contribution in [3.63, 3.8) is 0 Å². The SMILES string of the molecule is CCC1CCC(N)C(CCOc2ccc(Br)cc2)C1. The first-order chi connectivity index (χ1) is 9.19. The number of benzene rings is 1. The van der Waals surface area contributed by atoms with E-state index in [1.165, 1.54) is 25.7 Å². The monoisotopic (exact) mass is 325 g/mol. The maximum absolute atomic E-state index is 6.23. The predicted molar refractivity (Wildman–Crippen MR) is 83.4 cm³/mol. The minimum Gasteiger partial charge on any atom is -0.494 e. The Kier molecular flexibility index (Phi) is 5.71. The molecule has 3 atom stereocenters. The highest BCUT2D eigenvalue weighted by molar-refractivity contribution is 9.10. The quantitative estimate of drug-likeness (QED) is 0.872. The number of halogens is 1.